The van der Waals surface area contributed by atoms with Gasteiger partial charge in [-0.1, -0.05) is 30.3 Å². The summed E-state index contributed by atoms with van der Waals surface area (Å²) in [5.41, 5.74) is 0.346. The molecule has 0 unspecified atom stereocenters. The minimum absolute atomic E-state index is 0.104. The van der Waals surface area contributed by atoms with Crippen LogP contribution in [0.5, 0.6) is 17.2 Å². The molecule has 4 aromatic rings. The Balaban J connectivity index is 0.000000228. The summed E-state index contributed by atoms with van der Waals surface area (Å²) in [7, 11) is 1.36. The molecule has 60 heavy (non-hydrogen) atoms. The highest BCUT2D eigenvalue weighted by Gasteiger charge is 2.37. The summed E-state index contributed by atoms with van der Waals surface area (Å²) in [4.78, 5) is 48.9. The van der Waals surface area contributed by atoms with Gasteiger partial charge >= 0.3 is 0 Å². The second-order valence-electron chi connectivity index (χ2n) is 14.6. The molecule has 2 fully saturated rings. The van der Waals surface area contributed by atoms with E-state index in [-0.39, 0.29) is 65.3 Å². The number of benzene rings is 4. The first-order chi connectivity index (χ1) is 28.8. The van der Waals surface area contributed by atoms with Crippen molar-refractivity contribution in [2.24, 2.45) is 10.8 Å². The van der Waals surface area contributed by atoms with Crippen molar-refractivity contribution in [1.29, 1.82) is 10.5 Å². The molecule has 2 saturated heterocycles. The summed E-state index contributed by atoms with van der Waals surface area (Å²) in [6.45, 7) is 1.20. The zero-order chi connectivity index (χ0) is 43.3. The average Bonchev–Trinajstić information content (AvgIpc) is 3.27. The van der Waals surface area contributed by atoms with E-state index in [0.29, 0.717) is 64.7 Å². The van der Waals surface area contributed by atoms with Crippen molar-refractivity contribution in [1.82, 2.24) is 9.80 Å². The van der Waals surface area contributed by atoms with Crippen molar-refractivity contribution >= 4 is 23.2 Å². The number of ether oxygens (including phenoxy) is 3. The molecular weight excluding hydrogens is 783 g/mol. The van der Waals surface area contributed by atoms with Gasteiger partial charge in [0.05, 0.1) is 52.1 Å². The number of non-ortho nitro benzene ring substituents is 2. The first-order valence-corrected chi connectivity index (χ1v) is 19.0. The van der Waals surface area contributed by atoms with Crippen LogP contribution in [0, 0.1) is 65.4 Å². The second kappa shape index (κ2) is 20.0. The van der Waals surface area contributed by atoms with E-state index in [1.807, 2.05) is 0 Å². The summed E-state index contributed by atoms with van der Waals surface area (Å²) >= 11 is 0. The van der Waals surface area contributed by atoms with Crippen LogP contribution in [0.2, 0.25) is 0 Å². The average molecular weight is 825 g/mol. The lowest BCUT2D eigenvalue weighted by Crippen LogP contribution is -2.45. The van der Waals surface area contributed by atoms with Gasteiger partial charge in [0.25, 0.3) is 23.2 Å². The SMILES string of the molecule is COc1cc([N+](=O)[O-])ccc1OCC(=O)N1CCC(C#N)(Cc2ccc(F)cc2)CC1.N#CC1(Cc2ccc(F)cc2)CCN(C(=O)COc2cccc([N+](=O)[O-])c2)CC1. The van der Waals surface area contributed by atoms with Crippen LogP contribution >= 0.6 is 0 Å². The quantitative estimate of drug-likeness (QED) is 0.0994. The molecule has 0 aromatic heterocycles. The molecule has 2 amide bonds. The number of amides is 2. The van der Waals surface area contributed by atoms with Crippen molar-refractivity contribution in [3.8, 4) is 29.4 Å². The van der Waals surface area contributed by atoms with Crippen molar-refractivity contribution < 1.29 is 42.4 Å². The fraction of sp³-hybridized carbons (Fsp3) is 0.349. The van der Waals surface area contributed by atoms with Crippen molar-refractivity contribution in [3.05, 3.63) is 134 Å². The van der Waals surface area contributed by atoms with Gasteiger partial charge in [0.2, 0.25) is 0 Å². The standard InChI is InChI=1S/C22H22FN3O5.C21H20FN3O4/c1-30-20-12-18(26(28)29)6-7-19(20)31-14-21(27)25-10-8-22(15-24,9-11-25)13-16-2-4-17(23)5-3-16;22-17-6-4-16(5-7-17)13-21(15-23)8-10-24(11-9-21)20(26)14-29-19-3-1-2-18(12-19)25(27)28/h2-7,12H,8-11,13-14H2,1H3;1-7,12H,8-11,13-14H2. The highest BCUT2D eigenvalue weighted by molar-refractivity contribution is 5.78. The molecule has 0 N–H and O–H groups in total. The van der Waals surface area contributed by atoms with Crippen LogP contribution in [0.25, 0.3) is 0 Å². The van der Waals surface area contributed by atoms with Crippen molar-refractivity contribution in [2.75, 3.05) is 46.5 Å². The number of nitriles is 2. The van der Waals surface area contributed by atoms with Gasteiger partial charge in [-0.2, -0.15) is 10.5 Å². The maximum absolute atomic E-state index is 13.1. The van der Waals surface area contributed by atoms with Crippen LogP contribution in [0.15, 0.2) is 91.0 Å². The lowest BCUT2D eigenvalue weighted by Gasteiger charge is -2.37. The first kappa shape index (κ1) is 44.0. The maximum atomic E-state index is 13.1. The van der Waals surface area contributed by atoms with Crippen LogP contribution in [-0.4, -0.2) is 78.0 Å². The number of hydrogen-bond donors (Lipinski definition) is 0. The molecule has 4 aromatic carbocycles. The zero-order valence-electron chi connectivity index (χ0n) is 32.8. The van der Waals surface area contributed by atoms with Crippen LogP contribution in [0.3, 0.4) is 0 Å². The van der Waals surface area contributed by atoms with E-state index < -0.39 is 20.7 Å². The second-order valence-corrected chi connectivity index (χ2v) is 14.6. The third-order valence-electron chi connectivity index (χ3n) is 10.6. The summed E-state index contributed by atoms with van der Waals surface area (Å²) in [6, 6.07) is 26.6. The minimum Gasteiger partial charge on any atom is -0.493 e. The van der Waals surface area contributed by atoms with Crippen molar-refractivity contribution in [3.63, 3.8) is 0 Å². The molecule has 0 spiro atoms. The predicted octanol–water partition coefficient (Wildman–Crippen LogP) is 6.98. The molecule has 2 heterocycles. The zero-order valence-corrected chi connectivity index (χ0v) is 32.8. The van der Waals surface area contributed by atoms with E-state index in [2.05, 4.69) is 12.1 Å². The number of nitrogens with zero attached hydrogens (tertiary/aromatic N) is 6. The summed E-state index contributed by atoms with van der Waals surface area (Å²) in [6.07, 6.45) is 3.06. The van der Waals surface area contributed by atoms with Gasteiger partial charge in [-0.05, 0) is 86.1 Å². The van der Waals surface area contributed by atoms with E-state index in [4.69, 9.17) is 14.2 Å². The molecule has 0 saturated carbocycles. The lowest BCUT2D eigenvalue weighted by atomic mass is 9.75. The Bertz CT molecular complexity index is 2240. The Morgan fingerprint density at radius 1 is 0.667 bits per heavy atom. The van der Waals surface area contributed by atoms with Gasteiger partial charge in [-0.15, -0.1) is 0 Å². The van der Waals surface area contributed by atoms with E-state index in [0.717, 1.165) is 11.1 Å². The Morgan fingerprint density at radius 2 is 1.12 bits per heavy atom. The number of nitro benzene ring substituents is 2. The molecule has 0 aliphatic carbocycles. The van der Waals surface area contributed by atoms with Gasteiger partial charge in [-0.25, -0.2) is 8.78 Å². The normalized spacial score (nSPS) is 15.2. The summed E-state index contributed by atoms with van der Waals surface area (Å²) in [5.74, 6) is -0.445. The van der Waals surface area contributed by atoms with Crippen LogP contribution < -0.4 is 14.2 Å². The number of halogens is 2. The molecule has 2 aliphatic heterocycles. The van der Waals surface area contributed by atoms with Gasteiger partial charge < -0.3 is 24.0 Å². The molecule has 17 heteroatoms. The number of piperidine rings is 2. The molecule has 2 aliphatic rings. The largest absolute Gasteiger partial charge is 0.493 e. The van der Waals surface area contributed by atoms with E-state index in [1.165, 1.54) is 67.8 Å². The monoisotopic (exact) mass is 824 g/mol. The van der Waals surface area contributed by atoms with E-state index in [9.17, 15) is 49.1 Å². The third kappa shape index (κ3) is 11.7. The smallest absolute Gasteiger partial charge is 0.273 e. The predicted molar refractivity (Wildman–Crippen MR) is 212 cm³/mol. The summed E-state index contributed by atoms with van der Waals surface area (Å²) < 4.78 is 42.2. The summed E-state index contributed by atoms with van der Waals surface area (Å²) in [5, 5.41) is 41.1. The lowest BCUT2D eigenvalue weighted by molar-refractivity contribution is -0.385. The number of methoxy groups -OCH3 is 1. The Labute approximate surface area is 344 Å². The van der Waals surface area contributed by atoms with Crippen LogP contribution in [0.4, 0.5) is 20.2 Å². The maximum Gasteiger partial charge on any atom is 0.273 e. The topological polar surface area (TPSA) is 202 Å². The Morgan fingerprint density at radius 3 is 1.55 bits per heavy atom. The van der Waals surface area contributed by atoms with Crippen molar-refractivity contribution in [2.45, 2.75) is 38.5 Å². The highest BCUT2D eigenvalue weighted by atomic mass is 19.1. The van der Waals surface area contributed by atoms with E-state index in [1.54, 1.807) is 40.1 Å². The number of hydrogen-bond acceptors (Lipinski definition) is 11. The number of carbonyl (C=O) groups is 2. The highest BCUT2D eigenvalue weighted by Crippen LogP contribution is 2.36. The molecule has 0 bridgehead atoms. The fourth-order valence-corrected chi connectivity index (χ4v) is 7.05. The molecule has 0 radical (unpaired) electrons. The van der Waals surface area contributed by atoms with Gasteiger partial charge in [0.15, 0.2) is 24.7 Å². The number of nitro groups is 2. The number of carbonyl (C=O) groups excluding carboxylic acids is 2. The fourth-order valence-electron chi connectivity index (χ4n) is 7.05. The number of rotatable bonds is 13. The number of likely N-dealkylation sites (tertiary alicyclic amines) is 2. The van der Waals surface area contributed by atoms with Crippen LogP contribution in [-0.2, 0) is 22.4 Å². The molecule has 6 rings (SSSR count). The Hall–Kier alpha value is -7.14. The van der Waals surface area contributed by atoms with Gasteiger partial charge in [-0.3, -0.25) is 29.8 Å². The van der Waals surface area contributed by atoms with E-state index >= 15 is 0 Å². The third-order valence-corrected chi connectivity index (χ3v) is 10.6. The van der Waals surface area contributed by atoms with Gasteiger partial charge in [0.1, 0.15) is 17.4 Å². The minimum atomic E-state index is -0.600. The molecule has 15 nitrogen and oxygen atoms in total. The molecule has 312 valence electrons. The molecular formula is C43H42F2N6O9. The van der Waals surface area contributed by atoms with Gasteiger partial charge in [0, 0.05) is 38.3 Å². The van der Waals surface area contributed by atoms with Crippen LogP contribution in [0.1, 0.15) is 36.8 Å². The Kier molecular flexibility index (Phi) is 14.7. The first-order valence-electron chi connectivity index (χ1n) is 19.0. The molecule has 0 atom stereocenters.